The number of hydrogen-bond acceptors (Lipinski definition) is 1. The Kier molecular flexibility index (Phi) is 4.56. The van der Waals surface area contributed by atoms with Crippen LogP contribution in [0.5, 0.6) is 0 Å². The third kappa shape index (κ3) is 7.17. The maximum absolute atomic E-state index is 5.86. The molecule has 94 valence electrons. The topological polar surface area (TPSA) is 0 Å². The maximum atomic E-state index is 5.86. The van der Waals surface area contributed by atoms with Gasteiger partial charge in [0.05, 0.1) is 0 Å². The lowest BCUT2D eigenvalue weighted by atomic mass is 10.2. The monoisotopic (exact) mass is 378 g/mol. The predicted molar refractivity (Wildman–Crippen MR) is 84.2 cm³/mol. The first kappa shape index (κ1) is 15.7. The minimum absolute atomic E-state index is 0.00539. The standard InChI is InChI=1S/C8H8Cl6S2/c9-15-5-7-2-1-3-8(4-7)6-16(10,11,12,13)14/h1-4H,5-6H2. The Hall–Kier alpha value is 1.66. The van der Waals surface area contributed by atoms with Crippen LogP contribution < -0.4 is 0 Å². The van der Waals surface area contributed by atoms with E-state index in [1.165, 1.54) is 11.0 Å². The van der Waals surface area contributed by atoms with Gasteiger partial charge in [0.15, 0.2) is 0 Å². The molecule has 0 radical (unpaired) electrons. The van der Waals surface area contributed by atoms with Gasteiger partial charge in [-0.3, -0.25) is 0 Å². The first-order valence-electron chi connectivity index (χ1n) is 4.03. The summed E-state index contributed by atoms with van der Waals surface area (Å²) in [6, 6.07) is 7.45. The average molecular weight is 381 g/mol. The lowest BCUT2D eigenvalue weighted by Crippen LogP contribution is -2.02. The van der Waals surface area contributed by atoms with Crippen LogP contribution in [-0.2, 0) is 11.5 Å². The van der Waals surface area contributed by atoms with Gasteiger partial charge in [-0.25, -0.2) is 0 Å². The van der Waals surface area contributed by atoms with E-state index in [4.69, 9.17) is 64.1 Å². The summed E-state index contributed by atoms with van der Waals surface area (Å²) >= 11 is 0. The summed E-state index contributed by atoms with van der Waals surface area (Å²) in [5.41, 5.74) is 1.80. The molecule has 0 heterocycles. The van der Waals surface area contributed by atoms with Crippen molar-refractivity contribution in [2.45, 2.75) is 11.5 Å². The van der Waals surface area contributed by atoms with E-state index in [9.17, 15) is 0 Å². The lowest BCUT2D eigenvalue weighted by molar-refractivity contribution is 1.33. The average Bonchev–Trinajstić information content (AvgIpc) is 1.99. The van der Waals surface area contributed by atoms with Gasteiger partial charge >= 0.3 is 0 Å². The molecule has 16 heavy (non-hydrogen) atoms. The Morgan fingerprint density at radius 2 is 1.56 bits per heavy atom. The van der Waals surface area contributed by atoms with Crippen molar-refractivity contribution < 1.29 is 0 Å². The van der Waals surface area contributed by atoms with Crippen molar-refractivity contribution in [2.24, 2.45) is 0 Å². The van der Waals surface area contributed by atoms with Crippen molar-refractivity contribution >= 4 is 79.4 Å². The van der Waals surface area contributed by atoms with Gasteiger partial charge in [-0.05, 0) is 75.2 Å². The predicted octanol–water partition coefficient (Wildman–Crippen LogP) is 7.22. The molecule has 0 fully saturated rings. The van der Waals surface area contributed by atoms with Crippen LogP contribution in [0.25, 0.3) is 0 Å². The summed E-state index contributed by atoms with van der Waals surface area (Å²) in [5, 5.41) is 0. The molecular weight excluding hydrogens is 373 g/mol. The van der Waals surface area contributed by atoms with E-state index < -0.39 is 4.36 Å². The zero-order valence-electron chi connectivity index (χ0n) is 7.81. The quantitative estimate of drug-likeness (QED) is 0.531. The van der Waals surface area contributed by atoms with E-state index in [1.807, 2.05) is 18.2 Å². The van der Waals surface area contributed by atoms with Crippen LogP contribution in [0.1, 0.15) is 11.1 Å². The summed E-state index contributed by atoms with van der Waals surface area (Å²) in [5.74, 6) is 0.665. The van der Waals surface area contributed by atoms with E-state index >= 15 is 0 Å². The molecule has 0 aliphatic rings. The Labute approximate surface area is 125 Å². The molecule has 1 aromatic rings. The summed E-state index contributed by atoms with van der Waals surface area (Å²) in [7, 11) is 36.0. The molecule has 0 aromatic heterocycles. The van der Waals surface area contributed by atoms with Crippen molar-refractivity contribution in [2.75, 3.05) is 0 Å². The second-order valence-electron chi connectivity index (χ2n) is 3.35. The fraction of sp³-hybridized carbons (Fsp3) is 0.250. The van der Waals surface area contributed by atoms with E-state index in [-0.39, 0.29) is 5.75 Å². The Morgan fingerprint density at radius 3 is 2.06 bits per heavy atom. The van der Waals surface area contributed by atoms with Crippen LogP contribution in [0, 0.1) is 0 Å². The van der Waals surface area contributed by atoms with Crippen LogP contribution in [0.3, 0.4) is 0 Å². The fourth-order valence-corrected chi connectivity index (χ4v) is 4.57. The van der Waals surface area contributed by atoms with E-state index in [0.29, 0.717) is 5.75 Å². The molecule has 0 N–H and O–H groups in total. The number of rotatable bonds is 4. The van der Waals surface area contributed by atoms with Crippen molar-refractivity contribution in [3.63, 3.8) is 0 Å². The Balaban J connectivity index is 2.96. The Bertz CT molecular complexity index is 384. The molecule has 1 aromatic carbocycles. The normalized spacial score (nSPS) is 16.6. The van der Waals surface area contributed by atoms with Gasteiger partial charge in [0.25, 0.3) is 0 Å². The van der Waals surface area contributed by atoms with Gasteiger partial charge in [0.1, 0.15) is 0 Å². The minimum atomic E-state index is -4.52. The van der Waals surface area contributed by atoms with E-state index in [2.05, 4.69) is 0 Å². The molecule has 0 atom stereocenters. The highest BCUT2D eigenvalue weighted by Crippen LogP contribution is 3.10. The third-order valence-electron chi connectivity index (χ3n) is 1.65. The summed E-state index contributed by atoms with van der Waals surface area (Å²) < 4.78 is -4.52. The molecule has 0 saturated heterocycles. The fourth-order valence-electron chi connectivity index (χ4n) is 1.19. The van der Waals surface area contributed by atoms with Crippen molar-refractivity contribution in [3.8, 4) is 0 Å². The van der Waals surface area contributed by atoms with Gasteiger partial charge in [-0.2, -0.15) is 0 Å². The third-order valence-corrected chi connectivity index (χ3v) is 4.94. The van der Waals surface area contributed by atoms with Gasteiger partial charge in [0, 0.05) is 15.9 Å². The van der Waals surface area contributed by atoms with Crippen molar-refractivity contribution in [3.05, 3.63) is 35.4 Å². The molecule has 1 rings (SSSR count). The van der Waals surface area contributed by atoms with Crippen LogP contribution >= 0.6 is 79.4 Å². The number of halogens is 6. The molecule has 0 spiro atoms. The molecular formula is C8H8Cl6S2. The molecule has 0 amide bonds. The van der Waals surface area contributed by atoms with Gasteiger partial charge in [0.2, 0.25) is 0 Å². The van der Waals surface area contributed by atoms with Gasteiger partial charge in [-0.15, -0.1) is 0 Å². The van der Waals surface area contributed by atoms with E-state index in [1.54, 1.807) is 6.07 Å². The first-order chi connectivity index (χ1) is 6.99. The zero-order chi connectivity index (χ0) is 12.5. The van der Waals surface area contributed by atoms with Crippen LogP contribution in [-0.4, -0.2) is 0 Å². The minimum Gasteiger partial charge on any atom is -0.0617 e. The van der Waals surface area contributed by atoms with Gasteiger partial charge in [-0.1, -0.05) is 35.2 Å². The second-order valence-corrected chi connectivity index (χ2v) is 24.3. The smallest absolute Gasteiger partial charge is 0.0474 e. The number of benzene rings is 1. The largest absolute Gasteiger partial charge is 0.0617 e. The molecule has 0 aliphatic heterocycles. The summed E-state index contributed by atoms with van der Waals surface area (Å²) in [4.78, 5) is 0. The highest BCUT2D eigenvalue weighted by atomic mass is 36.6. The zero-order valence-corrected chi connectivity index (χ0v) is 14.0. The van der Waals surface area contributed by atoms with E-state index in [0.717, 1.165) is 11.1 Å². The lowest BCUT2D eigenvalue weighted by Gasteiger charge is -2.50. The SMILES string of the molecule is ClSCc1cccc(CS(Cl)(Cl)(Cl)(Cl)Cl)c1. The molecule has 0 unspecified atom stereocenters. The van der Waals surface area contributed by atoms with Crippen LogP contribution in [0.2, 0.25) is 0 Å². The van der Waals surface area contributed by atoms with Crippen molar-refractivity contribution in [1.82, 2.24) is 0 Å². The van der Waals surface area contributed by atoms with Crippen LogP contribution in [0.4, 0.5) is 0 Å². The summed E-state index contributed by atoms with van der Waals surface area (Å²) in [6.07, 6.45) is 0. The maximum Gasteiger partial charge on any atom is 0.0474 e. The van der Waals surface area contributed by atoms with Gasteiger partial charge < -0.3 is 0 Å². The highest BCUT2D eigenvalue weighted by Gasteiger charge is 2.51. The van der Waals surface area contributed by atoms with Crippen molar-refractivity contribution in [1.29, 1.82) is 0 Å². The first-order valence-corrected chi connectivity index (χ1v) is 12.6. The molecule has 8 heteroatoms. The molecule has 0 nitrogen and oxygen atoms in total. The summed E-state index contributed by atoms with van der Waals surface area (Å²) in [6.45, 7) is 0. The molecule has 0 saturated carbocycles. The highest BCUT2D eigenvalue weighted by molar-refractivity contribution is 9.23. The second kappa shape index (κ2) is 4.64. The molecule has 0 bridgehead atoms. The molecule has 0 aliphatic carbocycles. The Morgan fingerprint density at radius 1 is 1.00 bits per heavy atom. The van der Waals surface area contributed by atoms with Crippen LogP contribution in [0.15, 0.2) is 24.3 Å². The number of hydrogen-bond donors (Lipinski definition) is 0.